The van der Waals surface area contributed by atoms with Gasteiger partial charge in [-0.25, -0.2) is 12.8 Å². The van der Waals surface area contributed by atoms with E-state index in [0.717, 1.165) is 12.1 Å². The van der Waals surface area contributed by atoms with Crippen LogP contribution >= 0.6 is 11.6 Å². The quantitative estimate of drug-likeness (QED) is 0.596. The molecule has 9 heteroatoms. The Labute approximate surface area is 172 Å². The lowest BCUT2D eigenvalue weighted by molar-refractivity contribution is 0.102. The third kappa shape index (κ3) is 4.85. The lowest BCUT2D eigenvalue weighted by atomic mass is 10.2. The molecule has 29 heavy (non-hydrogen) atoms. The van der Waals surface area contributed by atoms with Gasteiger partial charge in [0.2, 0.25) is 0 Å². The number of para-hydroxylation sites is 1. The summed E-state index contributed by atoms with van der Waals surface area (Å²) in [6, 6.07) is 15.4. The van der Waals surface area contributed by atoms with Gasteiger partial charge >= 0.3 is 0 Å². The normalized spacial score (nSPS) is 11.0. The number of methoxy groups -OCH3 is 1. The Morgan fingerprint density at radius 1 is 1.00 bits per heavy atom. The van der Waals surface area contributed by atoms with E-state index in [1.54, 1.807) is 18.2 Å². The SMILES string of the molecule is COc1ccc(S(=O)(=O)Nc2ccccc2Cl)cc1NC(=O)c1ccc(F)cc1. The van der Waals surface area contributed by atoms with Gasteiger partial charge in [-0.15, -0.1) is 0 Å². The van der Waals surface area contributed by atoms with Crippen LogP contribution in [0, 0.1) is 5.82 Å². The molecule has 0 saturated heterocycles. The van der Waals surface area contributed by atoms with Gasteiger partial charge in [-0.05, 0) is 54.6 Å². The summed E-state index contributed by atoms with van der Waals surface area (Å²) in [7, 11) is -2.59. The number of ether oxygens (including phenoxy) is 1. The molecule has 3 rings (SSSR count). The van der Waals surface area contributed by atoms with Crippen molar-refractivity contribution in [3.8, 4) is 5.75 Å². The summed E-state index contributed by atoms with van der Waals surface area (Å²) in [5.41, 5.74) is 0.571. The Morgan fingerprint density at radius 3 is 2.34 bits per heavy atom. The van der Waals surface area contributed by atoms with Crippen molar-refractivity contribution in [2.75, 3.05) is 17.1 Å². The molecule has 0 aliphatic heterocycles. The zero-order chi connectivity index (χ0) is 21.0. The second-order valence-electron chi connectivity index (χ2n) is 5.91. The summed E-state index contributed by atoms with van der Waals surface area (Å²) in [5.74, 6) is -0.757. The highest BCUT2D eigenvalue weighted by molar-refractivity contribution is 7.92. The summed E-state index contributed by atoms with van der Waals surface area (Å²) in [6.07, 6.45) is 0. The standard InChI is InChI=1S/C20H16ClFN2O4S/c1-28-19-11-10-15(29(26,27)24-17-5-3-2-4-16(17)21)12-18(19)23-20(25)13-6-8-14(22)9-7-13/h2-12,24H,1H3,(H,23,25). The first-order valence-electron chi connectivity index (χ1n) is 8.32. The molecule has 3 aromatic carbocycles. The maximum atomic E-state index is 13.1. The van der Waals surface area contributed by atoms with Crippen molar-refractivity contribution >= 4 is 38.9 Å². The molecule has 0 heterocycles. The van der Waals surface area contributed by atoms with E-state index in [0.29, 0.717) is 0 Å². The number of anilines is 2. The van der Waals surface area contributed by atoms with Crippen molar-refractivity contribution in [1.82, 2.24) is 0 Å². The Morgan fingerprint density at radius 2 is 1.69 bits per heavy atom. The Kier molecular flexibility index (Phi) is 6.05. The van der Waals surface area contributed by atoms with Gasteiger partial charge in [0, 0.05) is 5.56 Å². The lowest BCUT2D eigenvalue weighted by Gasteiger charge is -2.14. The fourth-order valence-corrected chi connectivity index (χ4v) is 3.84. The van der Waals surface area contributed by atoms with Crippen molar-refractivity contribution in [3.05, 3.63) is 83.1 Å². The maximum Gasteiger partial charge on any atom is 0.262 e. The van der Waals surface area contributed by atoms with Crippen LogP contribution in [0.1, 0.15) is 10.4 Å². The monoisotopic (exact) mass is 434 g/mol. The number of nitrogens with one attached hydrogen (secondary N) is 2. The van der Waals surface area contributed by atoms with Gasteiger partial charge < -0.3 is 10.1 Å². The largest absolute Gasteiger partial charge is 0.495 e. The van der Waals surface area contributed by atoms with Gasteiger partial charge in [-0.2, -0.15) is 0 Å². The zero-order valence-corrected chi connectivity index (χ0v) is 16.7. The second-order valence-corrected chi connectivity index (χ2v) is 8.00. The predicted octanol–water partition coefficient (Wildman–Crippen LogP) is 4.54. The van der Waals surface area contributed by atoms with Crippen LogP contribution in [0.15, 0.2) is 71.6 Å². The Bertz CT molecular complexity index is 1150. The number of carbonyl (C=O) groups excluding carboxylic acids is 1. The third-order valence-electron chi connectivity index (χ3n) is 3.95. The number of halogens is 2. The molecule has 150 valence electrons. The summed E-state index contributed by atoms with van der Waals surface area (Å²) in [6.45, 7) is 0. The summed E-state index contributed by atoms with van der Waals surface area (Å²) in [4.78, 5) is 12.3. The summed E-state index contributed by atoms with van der Waals surface area (Å²) < 4.78 is 46.1. The molecule has 6 nitrogen and oxygen atoms in total. The van der Waals surface area contributed by atoms with Gasteiger partial charge in [-0.1, -0.05) is 23.7 Å². The molecule has 0 radical (unpaired) electrons. The minimum absolute atomic E-state index is 0.104. The van der Waals surface area contributed by atoms with Crippen LogP contribution in [0.5, 0.6) is 5.75 Å². The zero-order valence-electron chi connectivity index (χ0n) is 15.1. The minimum Gasteiger partial charge on any atom is -0.495 e. The number of sulfonamides is 1. The number of hydrogen-bond donors (Lipinski definition) is 2. The Hall–Kier alpha value is -3.10. The molecular weight excluding hydrogens is 419 g/mol. The number of carbonyl (C=O) groups is 1. The van der Waals surface area contributed by atoms with E-state index in [1.807, 2.05) is 0 Å². The van der Waals surface area contributed by atoms with Gasteiger partial charge in [0.25, 0.3) is 15.9 Å². The van der Waals surface area contributed by atoms with E-state index in [4.69, 9.17) is 16.3 Å². The summed E-state index contributed by atoms with van der Waals surface area (Å²) >= 11 is 6.01. The topological polar surface area (TPSA) is 84.5 Å². The molecule has 2 N–H and O–H groups in total. The maximum absolute atomic E-state index is 13.1. The van der Waals surface area contributed by atoms with E-state index < -0.39 is 21.7 Å². The van der Waals surface area contributed by atoms with Crippen molar-refractivity contribution < 1.29 is 22.3 Å². The molecule has 0 bridgehead atoms. The Balaban J connectivity index is 1.91. The van der Waals surface area contributed by atoms with Gasteiger partial charge in [-0.3, -0.25) is 9.52 Å². The molecule has 0 aliphatic carbocycles. The fraction of sp³-hybridized carbons (Fsp3) is 0.0500. The molecule has 0 atom stereocenters. The molecule has 0 saturated carbocycles. The van der Waals surface area contributed by atoms with Crippen molar-refractivity contribution in [3.63, 3.8) is 0 Å². The van der Waals surface area contributed by atoms with E-state index >= 15 is 0 Å². The van der Waals surface area contributed by atoms with Crippen molar-refractivity contribution in [2.24, 2.45) is 0 Å². The first-order valence-corrected chi connectivity index (χ1v) is 10.2. The highest BCUT2D eigenvalue weighted by Gasteiger charge is 2.19. The van der Waals surface area contributed by atoms with E-state index in [9.17, 15) is 17.6 Å². The molecule has 0 fully saturated rings. The van der Waals surface area contributed by atoms with Crippen LogP contribution in [0.3, 0.4) is 0 Å². The average molecular weight is 435 g/mol. The van der Waals surface area contributed by atoms with Crippen LogP contribution in [-0.2, 0) is 10.0 Å². The minimum atomic E-state index is -3.98. The van der Waals surface area contributed by atoms with Gasteiger partial charge in [0.15, 0.2) is 0 Å². The van der Waals surface area contributed by atoms with Crippen LogP contribution in [0.2, 0.25) is 5.02 Å². The number of benzene rings is 3. The predicted molar refractivity (Wildman–Crippen MR) is 110 cm³/mol. The molecule has 3 aromatic rings. The van der Waals surface area contributed by atoms with Crippen LogP contribution in [0.4, 0.5) is 15.8 Å². The smallest absolute Gasteiger partial charge is 0.262 e. The molecule has 0 aliphatic rings. The van der Waals surface area contributed by atoms with Crippen LogP contribution in [-0.4, -0.2) is 21.4 Å². The average Bonchev–Trinajstić information content (AvgIpc) is 2.70. The number of amides is 1. The molecule has 0 aromatic heterocycles. The lowest BCUT2D eigenvalue weighted by Crippen LogP contribution is -2.16. The highest BCUT2D eigenvalue weighted by atomic mass is 35.5. The third-order valence-corrected chi connectivity index (χ3v) is 5.65. The molecular formula is C20H16ClFN2O4S. The highest BCUT2D eigenvalue weighted by Crippen LogP contribution is 2.30. The van der Waals surface area contributed by atoms with E-state index in [1.165, 1.54) is 43.5 Å². The van der Waals surface area contributed by atoms with Crippen molar-refractivity contribution in [2.45, 2.75) is 4.90 Å². The fourth-order valence-electron chi connectivity index (χ4n) is 2.50. The van der Waals surface area contributed by atoms with Crippen LogP contribution in [0.25, 0.3) is 0 Å². The first-order chi connectivity index (χ1) is 13.8. The van der Waals surface area contributed by atoms with E-state index in [2.05, 4.69) is 10.0 Å². The first kappa shape index (κ1) is 20.6. The molecule has 0 unspecified atom stereocenters. The molecule has 1 amide bonds. The van der Waals surface area contributed by atoms with Gasteiger partial charge in [0.05, 0.1) is 28.4 Å². The summed E-state index contributed by atoms with van der Waals surface area (Å²) in [5, 5.41) is 2.83. The second kappa shape index (κ2) is 8.50. The van der Waals surface area contributed by atoms with Crippen LogP contribution < -0.4 is 14.8 Å². The van der Waals surface area contributed by atoms with Gasteiger partial charge in [0.1, 0.15) is 11.6 Å². The molecule has 0 spiro atoms. The number of hydrogen-bond acceptors (Lipinski definition) is 4. The van der Waals surface area contributed by atoms with Crippen molar-refractivity contribution in [1.29, 1.82) is 0 Å². The van der Waals surface area contributed by atoms with E-state index in [-0.39, 0.29) is 32.6 Å². The number of rotatable bonds is 6.